The molecule has 1 aromatic rings. The first kappa shape index (κ1) is 11.5. The molecule has 0 unspecified atom stereocenters. The van der Waals surface area contributed by atoms with Gasteiger partial charge in [0.15, 0.2) is 0 Å². The number of anilines is 1. The van der Waals surface area contributed by atoms with E-state index in [1.54, 1.807) is 11.1 Å². The number of aryl methyl sites for hydroxylation is 1. The molecule has 0 aliphatic carbocycles. The molecule has 0 amide bonds. The molecular formula is C14H22N2. The average Bonchev–Trinajstić information content (AvgIpc) is 2.73. The number of benzene rings is 1. The third kappa shape index (κ3) is 2.22. The Kier molecular flexibility index (Phi) is 3.83. The summed E-state index contributed by atoms with van der Waals surface area (Å²) >= 11 is 0. The molecule has 16 heavy (non-hydrogen) atoms. The van der Waals surface area contributed by atoms with Crippen molar-refractivity contribution >= 4 is 5.69 Å². The minimum Gasteiger partial charge on any atom is -0.371 e. The van der Waals surface area contributed by atoms with Crippen LogP contribution in [0.5, 0.6) is 0 Å². The lowest BCUT2D eigenvalue weighted by atomic mass is 10.0. The largest absolute Gasteiger partial charge is 0.371 e. The fourth-order valence-corrected chi connectivity index (χ4v) is 2.59. The van der Waals surface area contributed by atoms with Crippen molar-refractivity contribution in [3.8, 4) is 0 Å². The molecule has 0 spiro atoms. The number of hydrogen-bond acceptors (Lipinski definition) is 2. The van der Waals surface area contributed by atoms with Crippen LogP contribution in [0, 0.1) is 0 Å². The van der Waals surface area contributed by atoms with Crippen molar-refractivity contribution in [3.63, 3.8) is 0 Å². The van der Waals surface area contributed by atoms with Gasteiger partial charge in [-0.05, 0) is 57.0 Å². The van der Waals surface area contributed by atoms with Crippen molar-refractivity contribution in [2.75, 3.05) is 31.6 Å². The van der Waals surface area contributed by atoms with Gasteiger partial charge >= 0.3 is 0 Å². The fourth-order valence-electron chi connectivity index (χ4n) is 2.59. The third-order valence-electron chi connectivity index (χ3n) is 3.48. The fraction of sp³-hybridized carbons (Fsp3) is 0.571. The molecule has 0 bridgehead atoms. The monoisotopic (exact) mass is 218 g/mol. The molecule has 1 aliphatic rings. The Morgan fingerprint density at radius 3 is 3.00 bits per heavy atom. The maximum atomic E-state index is 3.22. The standard InChI is InChI=1S/C14H22N2/c1-3-16-11-9-13-12(7-5-10-15-2)6-4-8-14(13)16/h4,6,8,15H,3,5,7,9-11H2,1-2H3. The Labute approximate surface area is 98.7 Å². The van der Waals surface area contributed by atoms with E-state index in [9.17, 15) is 0 Å². The molecule has 88 valence electrons. The second-order valence-electron chi connectivity index (χ2n) is 4.45. The van der Waals surface area contributed by atoms with Crippen LogP contribution in [0.1, 0.15) is 24.5 Å². The topological polar surface area (TPSA) is 15.3 Å². The highest BCUT2D eigenvalue weighted by Crippen LogP contribution is 2.30. The van der Waals surface area contributed by atoms with Crippen LogP contribution in [-0.4, -0.2) is 26.7 Å². The first-order chi connectivity index (χ1) is 7.86. The molecule has 1 N–H and O–H groups in total. The number of hydrogen-bond donors (Lipinski definition) is 1. The minimum absolute atomic E-state index is 1.11. The van der Waals surface area contributed by atoms with Crippen LogP contribution in [0.25, 0.3) is 0 Å². The van der Waals surface area contributed by atoms with E-state index in [-0.39, 0.29) is 0 Å². The zero-order valence-corrected chi connectivity index (χ0v) is 10.4. The Morgan fingerprint density at radius 2 is 2.25 bits per heavy atom. The predicted octanol–water partition coefficient (Wildman–Crippen LogP) is 2.22. The zero-order valence-electron chi connectivity index (χ0n) is 10.4. The van der Waals surface area contributed by atoms with Gasteiger partial charge in [-0.15, -0.1) is 0 Å². The summed E-state index contributed by atoms with van der Waals surface area (Å²) < 4.78 is 0. The zero-order chi connectivity index (χ0) is 11.4. The summed E-state index contributed by atoms with van der Waals surface area (Å²) in [7, 11) is 2.02. The Bertz CT molecular complexity index is 347. The molecule has 2 nitrogen and oxygen atoms in total. The van der Waals surface area contributed by atoms with Crippen molar-refractivity contribution in [2.45, 2.75) is 26.2 Å². The number of likely N-dealkylation sites (N-methyl/N-ethyl adjacent to an activating group) is 1. The van der Waals surface area contributed by atoms with E-state index in [0.29, 0.717) is 0 Å². The van der Waals surface area contributed by atoms with E-state index >= 15 is 0 Å². The second kappa shape index (κ2) is 5.35. The number of fused-ring (bicyclic) bond motifs is 1. The van der Waals surface area contributed by atoms with E-state index < -0.39 is 0 Å². The molecule has 0 fully saturated rings. The van der Waals surface area contributed by atoms with E-state index in [1.165, 1.54) is 31.5 Å². The molecule has 0 saturated carbocycles. The third-order valence-corrected chi connectivity index (χ3v) is 3.48. The van der Waals surface area contributed by atoms with Crippen molar-refractivity contribution in [1.29, 1.82) is 0 Å². The molecule has 2 heteroatoms. The van der Waals surface area contributed by atoms with Crippen molar-refractivity contribution < 1.29 is 0 Å². The van der Waals surface area contributed by atoms with Crippen molar-refractivity contribution in [3.05, 3.63) is 29.3 Å². The van der Waals surface area contributed by atoms with Gasteiger partial charge in [0.1, 0.15) is 0 Å². The first-order valence-corrected chi connectivity index (χ1v) is 6.37. The lowest BCUT2D eigenvalue weighted by Crippen LogP contribution is -2.18. The van der Waals surface area contributed by atoms with Crippen LogP contribution >= 0.6 is 0 Å². The highest BCUT2D eigenvalue weighted by atomic mass is 15.1. The van der Waals surface area contributed by atoms with Crippen LogP contribution < -0.4 is 10.2 Å². The molecule has 2 rings (SSSR count). The maximum absolute atomic E-state index is 3.22. The molecule has 0 saturated heterocycles. The van der Waals surface area contributed by atoms with Crippen LogP contribution in [0.4, 0.5) is 5.69 Å². The molecule has 0 radical (unpaired) electrons. The van der Waals surface area contributed by atoms with Crippen LogP contribution in [0.3, 0.4) is 0 Å². The van der Waals surface area contributed by atoms with E-state index in [2.05, 4.69) is 35.3 Å². The van der Waals surface area contributed by atoms with E-state index in [1.807, 2.05) is 7.05 Å². The summed E-state index contributed by atoms with van der Waals surface area (Å²) in [6, 6.07) is 6.78. The lowest BCUT2D eigenvalue weighted by molar-refractivity contribution is 0.722. The summed E-state index contributed by atoms with van der Waals surface area (Å²) in [6.07, 6.45) is 3.68. The minimum atomic E-state index is 1.11. The summed E-state index contributed by atoms with van der Waals surface area (Å²) in [5.74, 6) is 0. The van der Waals surface area contributed by atoms with Gasteiger partial charge in [-0.2, -0.15) is 0 Å². The van der Waals surface area contributed by atoms with Gasteiger partial charge in [0.2, 0.25) is 0 Å². The highest BCUT2D eigenvalue weighted by Gasteiger charge is 2.19. The van der Waals surface area contributed by atoms with E-state index in [4.69, 9.17) is 0 Å². The van der Waals surface area contributed by atoms with Crippen molar-refractivity contribution in [2.24, 2.45) is 0 Å². The smallest absolute Gasteiger partial charge is 0.0402 e. The highest BCUT2D eigenvalue weighted by molar-refractivity contribution is 5.60. The Hall–Kier alpha value is -1.02. The van der Waals surface area contributed by atoms with E-state index in [0.717, 1.165) is 13.1 Å². The first-order valence-electron chi connectivity index (χ1n) is 6.37. The van der Waals surface area contributed by atoms with Gasteiger partial charge in [-0.3, -0.25) is 0 Å². The van der Waals surface area contributed by atoms with Gasteiger partial charge in [-0.1, -0.05) is 12.1 Å². The van der Waals surface area contributed by atoms with Gasteiger partial charge < -0.3 is 10.2 Å². The summed E-state index contributed by atoms with van der Waals surface area (Å²) in [5, 5.41) is 3.22. The number of rotatable bonds is 5. The SMILES string of the molecule is CCN1CCc2c(CCCNC)cccc21. The molecule has 1 aliphatic heterocycles. The molecule has 0 atom stereocenters. The van der Waals surface area contributed by atoms with Crippen molar-refractivity contribution in [1.82, 2.24) is 5.32 Å². The van der Waals surface area contributed by atoms with Crippen LogP contribution in [0.15, 0.2) is 18.2 Å². The Morgan fingerprint density at radius 1 is 1.38 bits per heavy atom. The van der Waals surface area contributed by atoms with Gasteiger partial charge in [0, 0.05) is 18.8 Å². The normalized spacial score (nSPS) is 14.2. The number of nitrogens with one attached hydrogen (secondary N) is 1. The number of nitrogens with zero attached hydrogens (tertiary/aromatic N) is 1. The Balaban J connectivity index is 2.12. The molecule has 0 aromatic heterocycles. The lowest BCUT2D eigenvalue weighted by Gasteiger charge is -2.17. The molecule has 1 heterocycles. The van der Waals surface area contributed by atoms with Gasteiger partial charge in [0.25, 0.3) is 0 Å². The van der Waals surface area contributed by atoms with Gasteiger partial charge in [-0.25, -0.2) is 0 Å². The maximum Gasteiger partial charge on any atom is 0.0402 e. The average molecular weight is 218 g/mol. The van der Waals surface area contributed by atoms with Crippen LogP contribution in [0.2, 0.25) is 0 Å². The van der Waals surface area contributed by atoms with Gasteiger partial charge in [0.05, 0.1) is 0 Å². The summed E-state index contributed by atoms with van der Waals surface area (Å²) in [5.41, 5.74) is 4.63. The quantitative estimate of drug-likeness (QED) is 0.762. The summed E-state index contributed by atoms with van der Waals surface area (Å²) in [6.45, 7) is 5.69. The summed E-state index contributed by atoms with van der Waals surface area (Å²) in [4.78, 5) is 2.48. The van der Waals surface area contributed by atoms with Crippen LogP contribution in [-0.2, 0) is 12.8 Å². The predicted molar refractivity (Wildman–Crippen MR) is 70.3 cm³/mol. The molecule has 1 aromatic carbocycles. The second-order valence-corrected chi connectivity index (χ2v) is 4.45. The molecular weight excluding hydrogens is 196 g/mol.